The maximum absolute atomic E-state index is 13.4. The smallest absolute Gasteiger partial charge is 0.141 e. The number of carbonyl (C=O) groups is 1. The fourth-order valence-corrected chi connectivity index (χ4v) is 5.10. The molecule has 0 amide bonds. The van der Waals surface area contributed by atoms with Gasteiger partial charge < -0.3 is 0 Å². The van der Waals surface area contributed by atoms with Crippen molar-refractivity contribution in [2.75, 3.05) is 0 Å². The molecule has 124 valence electrons. The second-order valence-electron chi connectivity index (χ2n) is 8.78. The van der Waals surface area contributed by atoms with E-state index in [4.69, 9.17) is 0 Å². The molecular formula is C23H26O. The van der Waals surface area contributed by atoms with Crippen LogP contribution in [-0.4, -0.2) is 5.78 Å². The lowest BCUT2D eigenvalue weighted by Gasteiger charge is -2.03. The van der Waals surface area contributed by atoms with Gasteiger partial charge in [0.05, 0.1) is 0 Å². The number of rotatable bonds is 4. The molecule has 1 nitrogen and oxygen atoms in total. The Kier molecular flexibility index (Phi) is 3.29. The Morgan fingerprint density at radius 1 is 0.667 bits per heavy atom. The predicted octanol–water partition coefficient (Wildman–Crippen LogP) is 5.44. The highest BCUT2D eigenvalue weighted by molar-refractivity contribution is 5.93. The Morgan fingerprint density at radius 2 is 1.00 bits per heavy atom. The third-order valence-electron chi connectivity index (χ3n) is 6.59. The minimum absolute atomic E-state index is 0.0817. The molecule has 1 heteroatoms. The van der Waals surface area contributed by atoms with Crippen LogP contribution in [0.1, 0.15) is 50.7 Å². The van der Waals surface area contributed by atoms with Crippen LogP contribution in [0.3, 0.4) is 0 Å². The molecular weight excluding hydrogens is 292 g/mol. The Labute approximate surface area is 145 Å². The van der Waals surface area contributed by atoms with Crippen molar-refractivity contribution in [3.05, 3.63) is 71.8 Å². The lowest BCUT2D eigenvalue weighted by Crippen LogP contribution is -2.12. The summed E-state index contributed by atoms with van der Waals surface area (Å²) in [6, 6.07) is 21.1. The molecule has 0 saturated heterocycles. The van der Waals surface area contributed by atoms with Gasteiger partial charge in [-0.2, -0.15) is 0 Å². The van der Waals surface area contributed by atoms with Gasteiger partial charge in [0.25, 0.3) is 0 Å². The lowest BCUT2D eigenvalue weighted by molar-refractivity contribution is -0.122. The number of carbonyl (C=O) groups excluding carboxylic acids is 1. The summed E-state index contributed by atoms with van der Waals surface area (Å²) >= 11 is 0. The molecule has 4 atom stereocenters. The van der Waals surface area contributed by atoms with Crippen LogP contribution in [0.25, 0.3) is 0 Å². The van der Waals surface area contributed by atoms with Gasteiger partial charge in [-0.3, -0.25) is 4.79 Å². The third kappa shape index (κ3) is 2.17. The van der Waals surface area contributed by atoms with Crippen molar-refractivity contribution in [1.82, 2.24) is 0 Å². The first kappa shape index (κ1) is 15.6. The van der Waals surface area contributed by atoms with Crippen molar-refractivity contribution < 1.29 is 4.79 Å². The Bertz CT molecular complexity index is 692. The Hall–Kier alpha value is -1.89. The molecule has 0 radical (unpaired) electrons. The zero-order valence-corrected chi connectivity index (χ0v) is 15.0. The van der Waals surface area contributed by atoms with Gasteiger partial charge in [0.2, 0.25) is 0 Å². The highest BCUT2D eigenvalue weighted by Gasteiger charge is 2.70. The highest BCUT2D eigenvalue weighted by Crippen LogP contribution is 2.72. The first-order chi connectivity index (χ1) is 11.4. The fraction of sp³-hybridized carbons (Fsp3) is 0.435. The van der Waals surface area contributed by atoms with Crippen LogP contribution in [0, 0.1) is 22.7 Å². The van der Waals surface area contributed by atoms with Crippen molar-refractivity contribution in [2.45, 2.75) is 39.5 Å². The highest BCUT2D eigenvalue weighted by atomic mass is 16.1. The maximum atomic E-state index is 13.4. The summed E-state index contributed by atoms with van der Waals surface area (Å²) in [6.45, 7) is 9.00. The first-order valence-corrected chi connectivity index (χ1v) is 9.00. The fourth-order valence-electron chi connectivity index (χ4n) is 5.10. The van der Waals surface area contributed by atoms with Crippen LogP contribution in [0.4, 0.5) is 0 Å². The van der Waals surface area contributed by atoms with Gasteiger partial charge in [0.15, 0.2) is 0 Å². The zero-order valence-electron chi connectivity index (χ0n) is 15.0. The van der Waals surface area contributed by atoms with Crippen LogP contribution >= 0.6 is 0 Å². The Morgan fingerprint density at radius 3 is 1.33 bits per heavy atom. The summed E-state index contributed by atoms with van der Waals surface area (Å²) in [5.41, 5.74) is 2.79. The van der Waals surface area contributed by atoms with E-state index in [1.54, 1.807) is 0 Å². The van der Waals surface area contributed by atoms with E-state index in [1.807, 2.05) is 12.1 Å². The molecule has 0 spiro atoms. The number of hydrogen-bond acceptors (Lipinski definition) is 1. The summed E-state index contributed by atoms with van der Waals surface area (Å²) in [5, 5.41) is 0. The third-order valence-corrected chi connectivity index (χ3v) is 6.59. The van der Waals surface area contributed by atoms with Crippen LogP contribution in [0.15, 0.2) is 60.7 Å². The van der Waals surface area contributed by atoms with Crippen molar-refractivity contribution in [2.24, 2.45) is 22.7 Å². The van der Waals surface area contributed by atoms with Crippen molar-refractivity contribution in [3.8, 4) is 0 Å². The second-order valence-corrected chi connectivity index (χ2v) is 8.78. The van der Waals surface area contributed by atoms with E-state index in [-0.39, 0.29) is 22.7 Å². The van der Waals surface area contributed by atoms with Gasteiger partial charge in [-0.25, -0.2) is 0 Å². The molecule has 0 bridgehead atoms. The van der Waals surface area contributed by atoms with E-state index in [0.29, 0.717) is 17.6 Å². The van der Waals surface area contributed by atoms with E-state index >= 15 is 0 Å². The molecule has 24 heavy (non-hydrogen) atoms. The Balaban J connectivity index is 1.59. The van der Waals surface area contributed by atoms with Crippen LogP contribution in [0.2, 0.25) is 0 Å². The van der Waals surface area contributed by atoms with Gasteiger partial charge in [0, 0.05) is 11.8 Å². The van der Waals surface area contributed by atoms with E-state index in [1.165, 1.54) is 11.1 Å². The molecule has 2 fully saturated rings. The molecule has 2 aliphatic rings. The zero-order chi connectivity index (χ0) is 17.1. The van der Waals surface area contributed by atoms with Crippen LogP contribution in [0.5, 0.6) is 0 Å². The van der Waals surface area contributed by atoms with E-state index in [0.717, 1.165) is 0 Å². The maximum Gasteiger partial charge on any atom is 0.141 e. The van der Waals surface area contributed by atoms with Crippen molar-refractivity contribution >= 4 is 5.78 Å². The van der Waals surface area contributed by atoms with Gasteiger partial charge >= 0.3 is 0 Å². The van der Waals surface area contributed by atoms with E-state index in [2.05, 4.69) is 76.2 Å². The van der Waals surface area contributed by atoms with Gasteiger partial charge in [-0.15, -0.1) is 0 Å². The average Bonchev–Trinajstić information content (AvgIpc) is 3.36. The molecule has 2 aliphatic carbocycles. The second kappa shape index (κ2) is 5.05. The summed E-state index contributed by atoms with van der Waals surface area (Å²) in [7, 11) is 0. The van der Waals surface area contributed by atoms with Gasteiger partial charge in [-0.05, 0) is 33.8 Å². The summed E-state index contributed by atoms with van der Waals surface area (Å²) in [4.78, 5) is 13.4. The molecule has 0 aromatic heterocycles. The molecule has 0 N–H and O–H groups in total. The van der Waals surface area contributed by atoms with Crippen molar-refractivity contribution in [1.29, 1.82) is 0 Å². The standard InChI is InChI=1S/C23H26O/c1-22(2)17(15-11-7-5-8-12-15)19(22)21(24)20-18(23(20,3)4)16-13-9-6-10-14-16/h5-14,17-20H,1-4H3/t17-,18-,19+,20+/m1/s1. The quantitative estimate of drug-likeness (QED) is 0.734. The summed E-state index contributed by atoms with van der Waals surface area (Å²) in [6.07, 6.45) is 0. The molecule has 2 saturated carbocycles. The van der Waals surface area contributed by atoms with Crippen LogP contribution < -0.4 is 0 Å². The topological polar surface area (TPSA) is 17.1 Å². The van der Waals surface area contributed by atoms with Gasteiger partial charge in [-0.1, -0.05) is 88.4 Å². The van der Waals surface area contributed by atoms with E-state index < -0.39 is 0 Å². The SMILES string of the molecule is CC1(C)[C@H](C(=O)[C@@H]2[C@@H](c3ccccc3)C2(C)C)[C@H]1c1ccccc1. The molecule has 0 unspecified atom stereocenters. The number of ketones is 1. The van der Waals surface area contributed by atoms with Crippen molar-refractivity contribution in [3.63, 3.8) is 0 Å². The number of hydrogen-bond donors (Lipinski definition) is 0. The molecule has 0 heterocycles. The normalized spacial score (nSPS) is 32.2. The average molecular weight is 318 g/mol. The van der Waals surface area contributed by atoms with Crippen LogP contribution in [-0.2, 0) is 4.79 Å². The monoisotopic (exact) mass is 318 g/mol. The minimum Gasteiger partial charge on any atom is -0.299 e. The molecule has 4 rings (SSSR count). The summed E-state index contributed by atoms with van der Waals surface area (Å²) in [5.74, 6) is 1.56. The molecule has 2 aromatic rings. The number of benzene rings is 2. The molecule has 0 aliphatic heterocycles. The number of Topliss-reactive ketones (excluding diaryl/α,β-unsaturated/α-hetero) is 1. The summed E-state index contributed by atoms with van der Waals surface area (Å²) < 4.78 is 0. The largest absolute Gasteiger partial charge is 0.299 e. The lowest BCUT2D eigenvalue weighted by atomic mass is 10.00. The minimum atomic E-state index is 0.0817. The van der Waals surface area contributed by atoms with E-state index in [9.17, 15) is 4.79 Å². The molecule has 2 aromatic carbocycles. The van der Waals surface area contributed by atoms with Gasteiger partial charge in [0.1, 0.15) is 5.78 Å². The predicted molar refractivity (Wildman–Crippen MR) is 97.9 cm³/mol. The first-order valence-electron chi connectivity index (χ1n) is 9.00.